The van der Waals surface area contributed by atoms with Gasteiger partial charge in [0.1, 0.15) is 0 Å². The molecule has 0 fully saturated rings. The maximum absolute atomic E-state index is 6.01. The molecule has 2 nitrogen and oxygen atoms in total. The van der Waals surface area contributed by atoms with E-state index in [-0.39, 0.29) is 6.04 Å². The number of benzene rings is 1. The fraction of sp³-hybridized carbons (Fsp3) is 0.400. The van der Waals surface area contributed by atoms with Crippen LogP contribution in [0.2, 0.25) is 0 Å². The van der Waals surface area contributed by atoms with Crippen molar-refractivity contribution in [2.45, 2.75) is 39.2 Å². The molecule has 0 saturated carbocycles. The highest BCUT2D eigenvalue weighted by molar-refractivity contribution is 7.12. The Bertz CT molecular complexity index is 586. The van der Waals surface area contributed by atoms with E-state index in [2.05, 4.69) is 32.0 Å². The summed E-state index contributed by atoms with van der Waals surface area (Å²) < 4.78 is 0. The first-order valence-corrected chi connectivity index (χ1v) is 7.33. The van der Waals surface area contributed by atoms with Gasteiger partial charge in [0.05, 0.1) is 10.7 Å². The summed E-state index contributed by atoms with van der Waals surface area (Å²) in [5.41, 5.74) is 11.3. The summed E-state index contributed by atoms with van der Waals surface area (Å²) in [6, 6.07) is 6.91. The number of hydrogen-bond donors (Lipinski definition) is 1. The highest BCUT2D eigenvalue weighted by Gasteiger charge is 2.23. The first kappa shape index (κ1) is 11.9. The number of nitrogens with zero attached hydrogens (tertiary/aromatic N) is 1. The molecule has 1 aliphatic carbocycles. The van der Waals surface area contributed by atoms with Crippen LogP contribution in [0.4, 0.5) is 0 Å². The molecule has 1 aromatic heterocycles. The second-order valence-electron chi connectivity index (χ2n) is 5.09. The molecule has 3 heteroatoms. The second-order valence-corrected chi connectivity index (χ2v) is 6.26. The molecule has 0 spiro atoms. The molecule has 1 aromatic carbocycles. The second kappa shape index (κ2) is 4.48. The Morgan fingerprint density at radius 1 is 1.44 bits per heavy atom. The zero-order valence-electron chi connectivity index (χ0n) is 10.9. The third-order valence-corrected chi connectivity index (χ3v) is 4.65. The first-order valence-electron chi connectivity index (χ1n) is 6.51. The van der Waals surface area contributed by atoms with Crippen LogP contribution in [-0.2, 0) is 12.8 Å². The minimum Gasteiger partial charge on any atom is -0.327 e. The van der Waals surface area contributed by atoms with E-state index in [9.17, 15) is 0 Å². The van der Waals surface area contributed by atoms with Crippen LogP contribution in [0.5, 0.6) is 0 Å². The summed E-state index contributed by atoms with van der Waals surface area (Å²) in [6.07, 6.45) is 2.97. The summed E-state index contributed by atoms with van der Waals surface area (Å²) in [5.74, 6) is 0. The lowest BCUT2D eigenvalue weighted by Crippen LogP contribution is -2.21. The van der Waals surface area contributed by atoms with Crippen molar-refractivity contribution in [2.75, 3.05) is 0 Å². The van der Waals surface area contributed by atoms with E-state index in [1.54, 1.807) is 0 Å². The molecule has 1 unspecified atom stereocenters. The van der Waals surface area contributed by atoms with Gasteiger partial charge in [-0.3, -0.25) is 0 Å². The molecule has 94 valence electrons. The molecule has 0 amide bonds. The monoisotopic (exact) mass is 258 g/mol. The number of thiazole rings is 1. The van der Waals surface area contributed by atoms with Crippen LogP contribution in [0.25, 0.3) is 11.3 Å². The first-order chi connectivity index (χ1) is 8.67. The molecule has 0 bridgehead atoms. The Balaban J connectivity index is 1.95. The Labute approximate surface area is 112 Å². The maximum Gasteiger partial charge on any atom is 0.0951 e. The predicted octanol–water partition coefficient (Wildman–Crippen LogP) is 3.30. The molecule has 1 aliphatic rings. The molecule has 1 heterocycles. The van der Waals surface area contributed by atoms with Gasteiger partial charge in [0.15, 0.2) is 0 Å². The third-order valence-electron chi connectivity index (χ3n) is 3.57. The molecular weight excluding hydrogens is 240 g/mol. The Morgan fingerprint density at radius 2 is 2.28 bits per heavy atom. The van der Waals surface area contributed by atoms with Crippen molar-refractivity contribution in [1.82, 2.24) is 4.98 Å². The molecule has 1 atom stereocenters. The summed E-state index contributed by atoms with van der Waals surface area (Å²) in [7, 11) is 0. The van der Waals surface area contributed by atoms with Crippen molar-refractivity contribution in [1.29, 1.82) is 0 Å². The van der Waals surface area contributed by atoms with Gasteiger partial charge < -0.3 is 5.73 Å². The molecule has 0 radical (unpaired) electrons. The van der Waals surface area contributed by atoms with Crippen LogP contribution >= 0.6 is 11.3 Å². The van der Waals surface area contributed by atoms with E-state index in [1.165, 1.54) is 32.3 Å². The lowest BCUT2D eigenvalue weighted by atomic mass is 10.1. The molecule has 0 saturated heterocycles. The van der Waals surface area contributed by atoms with E-state index in [0.29, 0.717) is 0 Å². The highest BCUT2D eigenvalue weighted by atomic mass is 32.1. The Hall–Kier alpha value is -1.19. The van der Waals surface area contributed by atoms with Crippen molar-refractivity contribution in [3.05, 3.63) is 39.2 Å². The van der Waals surface area contributed by atoms with Crippen molar-refractivity contribution in [3.63, 3.8) is 0 Å². The summed E-state index contributed by atoms with van der Waals surface area (Å²) >= 11 is 1.84. The van der Waals surface area contributed by atoms with Crippen LogP contribution in [0.15, 0.2) is 18.2 Å². The van der Waals surface area contributed by atoms with Crippen molar-refractivity contribution >= 4 is 11.3 Å². The van der Waals surface area contributed by atoms with E-state index >= 15 is 0 Å². The fourth-order valence-corrected chi connectivity index (χ4v) is 3.62. The average Bonchev–Trinajstić information content (AvgIpc) is 2.86. The van der Waals surface area contributed by atoms with E-state index in [4.69, 9.17) is 10.7 Å². The van der Waals surface area contributed by atoms with Gasteiger partial charge in [-0.25, -0.2) is 4.98 Å². The van der Waals surface area contributed by atoms with E-state index < -0.39 is 0 Å². The predicted molar refractivity (Wildman–Crippen MR) is 77.1 cm³/mol. The number of hydrogen-bond acceptors (Lipinski definition) is 3. The number of aryl methyl sites for hydroxylation is 1. The Kier molecular flexibility index (Phi) is 2.96. The van der Waals surface area contributed by atoms with Crippen LogP contribution in [-0.4, -0.2) is 11.0 Å². The average molecular weight is 258 g/mol. The summed E-state index contributed by atoms with van der Waals surface area (Å²) in [6.45, 7) is 4.27. The van der Waals surface area contributed by atoms with Gasteiger partial charge in [0.25, 0.3) is 0 Å². The molecule has 2 aromatic rings. The molecule has 2 N–H and O–H groups in total. The van der Waals surface area contributed by atoms with Gasteiger partial charge >= 0.3 is 0 Å². The summed E-state index contributed by atoms with van der Waals surface area (Å²) in [5, 5.41) is 1.20. The zero-order chi connectivity index (χ0) is 12.7. The Morgan fingerprint density at radius 3 is 3.06 bits per heavy atom. The standard InChI is InChI=1S/C15H18N2S/c1-3-11(16)8-14-17-15-12-6-9(2)4-5-10(12)7-13(15)18-14/h4-6,11H,3,7-8,16H2,1-2H3. The summed E-state index contributed by atoms with van der Waals surface area (Å²) in [4.78, 5) is 6.21. The van der Waals surface area contributed by atoms with Crippen LogP contribution < -0.4 is 5.73 Å². The van der Waals surface area contributed by atoms with E-state index in [0.717, 1.165) is 19.3 Å². The van der Waals surface area contributed by atoms with Gasteiger partial charge in [0, 0.05) is 29.3 Å². The van der Waals surface area contributed by atoms with Gasteiger partial charge in [-0.1, -0.05) is 24.6 Å². The van der Waals surface area contributed by atoms with Crippen LogP contribution in [0.1, 0.15) is 34.4 Å². The molecule has 0 aliphatic heterocycles. The van der Waals surface area contributed by atoms with Crippen molar-refractivity contribution in [3.8, 4) is 11.3 Å². The van der Waals surface area contributed by atoms with Gasteiger partial charge in [-0.15, -0.1) is 11.3 Å². The number of aromatic nitrogens is 1. The lowest BCUT2D eigenvalue weighted by Gasteiger charge is -2.05. The SMILES string of the molecule is CCC(N)Cc1nc2c(s1)Cc1ccc(C)cc1-2. The lowest BCUT2D eigenvalue weighted by molar-refractivity contribution is 0.644. The van der Waals surface area contributed by atoms with E-state index in [1.807, 2.05) is 11.3 Å². The fourth-order valence-electron chi connectivity index (χ4n) is 2.42. The van der Waals surface area contributed by atoms with Crippen molar-refractivity contribution in [2.24, 2.45) is 5.73 Å². The molecule has 3 rings (SSSR count). The quantitative estimate of drug-likeness (QED) is 0.783. The third kappa shape index (κ3) is 1.98. The normalized spacial score (nSPS) is 14.4. The van der Waals surface area contributed by atoms with Crippen molar-refractivity contribution < 1.29 is 0 Å². The number of nitrogens with two attached hydrogens (primary N) is 1. The van der Waals surface area contributed by atoms with Gasteiger partial charge in [0.2, 0.25) is 0 Å². The van der Waals surface area contributed by atoms with Crippen LogP contribution in [0, 0.1) is 6.92 Å². The smallest absolute Gasteiger partial charge is 0.0951 e. The largest absolute Gasteiger partial charge is 0.327 e. The minimum atomic E-state index is 0.244. The zero-order valence-corrected chi connectivity index (χ0v) is 11.7. The highest BCUT2D eigenvalue weighted by Crippen LogP contribution is 2.39. The maximum atomic E-state index is 6.01. The topological polar surface area (TPSA) is 38.9 Å². The number of rotatable bonds is 3. The van der Waals surface area contributed by atoms with Gasteiger partial charge in [-0.2, -0.15) is 0 Å². The van der Waals surface area contributed by atoms with Crippen LogP contribution in [0.3, 0.4) is 0 Å². The minimum absolute atomic E-state index is 0.244. The molecule has 18 heavy (non-hydrogen) atoms. The molecular formula is C15H18N2S. The number of fused-ring (bicyclic) bond motifs is 3. The van der Waals surface area contributed by atoms with Gasteiger partial charge in [-0.05, 0) is 25.0 Å².